The summed E-state index contributed by atoms with van der Waals surface area (Å²) in [6.07, 6.45) is 0. The summed E-state index contributed by atoms with van der Waals surface area (Å²) in [7, 11) is 0. The van der Waals surface area contributed by atoms with Crippen LogP contribution in [0.25, 0.3) is 10.2 Å². The van der Waals surface area contributed by atoms with E-state index in [1.807, 2.05) is 48.5 Å². The van der Waals surface area contributed by atoms with E-state index >= 15 is 0 Å². The van der Waals surface area contributed by atoms with E-state index in [0.29, 0.717) is 11.7 Å². The number of hydrogen-bond acceptors (Lipinski definition) is 5. The first-order valence-corrected chi connectivity index (χ1v) is 9.75. The van der Waals surface area contributed by atoms with Gasteiger partial charge in [-0.25, -0.2) is 4.98 Å². The quantitative estimate of drug-likeness (QED) is 0.742. The lowest BCUT2D eigenvalue weighted by Gasteiger charge is -2.35. The van der Waals surface area contributed by atoms with Crippen LogP contribution in [0.2, 0.25) is 5.02 Å². The molecule has 0 atom stereocenters. The maximum Gasteiger partial charge on any atom is 0.240 e. The highest BCUT2D eigenvalue weighted by Gasteiger charge is 2.19. The van der Waals surface area contributed by atoms with E-state index in [9.17, 15) is 4.79 Å². The van der Waals surface area contributed by atoms with Gasteiger partial charge in [-0.3, -0.25) is 9.69 Å². The van der Waals surface area contributed by atoms with Crippen molar-refractivity contribution >= 4 is 49.9 Å². The Balaban J connectivity index is 1.29. The van der Waals surface area contributed by atoms with Crippen molar-refractivity contribution in [3.8, 4) is 0 Å². The maximum atomic E-state index is 12.3. The second kappa shape index (κ2) is 7.61. The van der Waals surface area contributed by atoms with Gasteiger partial charge in [0.2, 0.25) is 5.91 Å². The lowest BCUT2D eigenvalue weighted by molar-refractivity contribution is -0.117. The number of para-hydroxylation sites is 1. The van der Waals surface area contributed by atoms with Gasteiger partial charge in [-0.2, -0.15) is 0 Å². The second-order valence-electron chi connectivity index (χ2n) is 6.27. The number of carbonyl (C=O) groups is 1. The smallest absolute Gasteiger partial charge is 0.240 e. The largest absolute Gasteiger partial charge is 0.369 e. The maximum absolute atomic E-state index is 12.3. The summed E-state index contributed by atoms with van der Waals surface area (Å²) in [6.45, 7) is 3.91. The number of anilines is 2. The molecule has 0 bridgehead atoms. The van der Waals surface area contributed by atoms with Gasteiger partial charge in [0.05, 0.1) is 16.8 Å². The van der Waals surface area contributed by atoms with Crippen molar-refractivity contribution in [2.24, 2.45) is 0 Å². The number of thiazole rings is 1. The lowest BCUT2D eigenvalue weighted by atomic mass is 10.2. The number of halogens is 1. The van der Waals surface area contributed by atoms with E-state index < -0.39 is 0 Å². The van der Waals surface area contributed by atoms with Crippen molar-refractivity contribution in [3.05, 3.63) is 53.6 Å². The predicted octanol–water partition coefficient (Wildman–Crippen LogP) is 3.71. The lowest BCUT2D eigenvalue weighted by Crippen LogP contribution is -2.48. The Hall–Kier alpha value is -2.15. The molecule has 1 aliphatic rings. The van der Waals surface area contributed by atoms with Crippen molar-refractivity contribution in [1.29, 1.82) is 0 Å². The molecule has 2 heterocycles. The summed E-state index contributed by atoms with van der Waals surface area (Å²) in [5, 5.41) is 4.34. The van der Waals surface area contributed by atoms with Gasteiger partial charge < -0.3 is 10.2 Å². The van der Waals surface area contributed by atoms with Crippen molar-refractivity contribution < 1.29 is 4.79 Å². The number of piperazine rings is 1. The molecule has 2 aromatic carbocycles. The molecule has 7 heteroatoms. The number of nitrogens with one attached hydrogen (secondary N) is 1. The average Bonchev–Trinajstić information content (AvgIpc) is 3.05. The van der Waals surface area contributed by atoms with Crippen LogP contribution in [0.4, 0.5) is 10.8 Å². The zero-order valence-corrected chi connectivity index (χ0v) is 15.8. The van der Waals surface area contributed by atoms with Crippen molar-refractivity contribution in [3.63, 3.8) is 0 Å². The number of rotatable bonds is 4. The molecule has 0 unspecified atom stereocenters. The topological polar surface area (TPSA) is 48.5 Å². The zero-order valence-electron chi connectivity index (χ0n) is 14.2. The number of nitrogens with zero attached hydrogens (tertiary/aromatic N) is 3. The van der Waals surface area contributed by atoms with Crippen LogP contribution < -0.4 is 10.2 Å². The molecule has 1 aliphatic heterocycles. The van der Waals surface area contributed by atoms with Gasteiger partial charge >= 0.3 is 0 Å². The van der Waals surface area contributed by atoms with Crippen LogP contribution in [0.15, 0.2) is 48.5 Å². The highest BCUT2D eigenvalue weighted by Crippen LogP contribution is 2.25. The van der Waals surface area contributed by atoms with Crippen LogP contribution >= 0.6 is 22.9 Å². The number of benzene rings is 2. The summed E-state index contributed by atoms with van der Waals surface area (Å²) in [5.74, 6) is -0.0102. The SMILES string of the molecule is O=C(CN1CCN(c2ccc(Cl)cc2)CC1)Nc1nc2ccccc2s1. The molecule has 5 nitrogen and oxygen atoms in total. The minimum Gasteiger partial charge on any atom is -0.369 e. The third-order valence-electron chi connectivity index (χ3n) is 4.47. The Bertz CT molecular complexity index is 870. The average molecular weight is 387 g/mol. The van der Waals surface area contributed by atoms with Gasteiger partial charge in [-0.1, -0.05) is 35.1 Å². The van der Waals surface area contributed by atoms with Crippen molar-refractivity contribution in [2.75, 3.05) is 42.9 Å². The van der Waals surface area contributed by atoms with E-state index in [2.05, 4.69) is 20.1 Å². The number of aromatic nitrogens is 1. The fourth-order valence-electron chi connectivity index (χ4n) is 3.10. The third kappa shape index (κ3) is 3.98. The molecular weight excluding hydrogens is 368 g/mol. The molecule has 1 aromatic heterocycles. The van der Waals surface area contributed by atoms with Gasteiger partial charge in [-0.15, -0.1) is 0 Å². The normalized spacial score (nSPS) is 15.3. The number of fused-ring (bicyclic) bond motifs is 1. The first-order chi connectivity index (χ1) is 12.7. The summed E-state index contributed by atoms with van der Waals surface area (Å²) >= 11 is 7.45. The van der Waals surface area contributed by atoms with Crippen LogP contribution in [-0.4, -0.2) is 48.5 Å². The van der Waals surface area contributed by atoms with E-state index in [0.717, 1.165) is 41.4 Å². The molecule has 0 saturated carbocycles. The van der Waals surface area contributed by atoms with E-state index in [1.54, 1.807) is 0 Å². The monoisotopic (exact) mass is 386 g/mol. The number of carbonyl (C=O) groups excluding carboxylic acids is 1. The van der Waals surface area contributed by atoms with Gasteiger partial charge in [0, 0.05) is 36.9 Å². The molecule has 134 valence electrons. The van der Waals surface area contributed by atoms with Crippen LogP contribution in [0.1, 0.15) is 0 Å². The highest BCUT2D eigenvalue weighted by atomic mass is 35.5. The fourth-order valence-corrected chi connectivity index (χ4v) is 4.11. The molecule has 26 heavy (non-hydrogen) atoms. The predicted molar refractivity (Wildman–Crippen MR) is 108 cm³/mol. The molecular formula is C19H19ClN4OS. The van der Waals surface area contributed by atoms with Crippen molar-refractivity contribution in [1.82, 2.24) is 9.88 Å². The van der Waals surface area contributed by atoms with Crippen LogP contribution in [0.5, 0.6) is 0 Å². The Labute approximate surface area is 161 Å². The summed E-state index contributed by atoms with van der Waals surface area (Å²) in [4.78, 5) is 21.3. The summed E-state index contributed by atoms with van der Waals surface area (Å²) < 4.78 is 1.08. The Kier molecular flexibility index (Phi) is 5.06. The van der Waals surface area contributed by atoms with E-state index in [1.165, 1.54) is 17.0 Å². The van der Waals surface area contributed by atoms with Crippen LogP contribution in [0.3, 0.4) is 0 Å². The minimum absolute atomic E-state index is 0.0102. The van der Waals surface area contributed by atoms with Gasteiger partial charge in [0.1, 0.15) is 0 Å². The first kappa shape index (κ1) is 17.3. The number of amides is 1. The molecule has 1 saturated heterocycles. The molecule has 3 aromatic rings. The molecule has 1 amide bonds. The van der Waals surface area contributed by atoms with E-state index in [4.69, 9.17) is 11.6 Å². The van der Waals surface area contributed by atoms with Crippen LogP contribution in [-0.2, 0) is 4.79 Å². The third-order valence-corrected chi connectivity index (χ3v) is 5.68. The van der Waals surface area contributed by atoms with Gasteiger partial charge in [0.25, 0.3) is 0 Å². The Morgan fingerprint density at radius 2 is 1.81 bits per heavy atom. The second-order valence-corrected chi connectivity index (χ2v) is 7.74. The van der Waals surface area contributed by atoms with Crippen molar-refractivity contribution in [2.45, 2.75) is 0 Å². The zero-order chi connectivity index (χ0) is 17.9. The molecule has 0 spiro atoms. The molecule has 1 fully saturated rings. The van der Waals surface area contributed by atoms with Crippen LogP contribution in [0, 0.1) is 0 Å². The summed E-state index contributed by atoms with van der Waals surface area (Å²) in [6, 6.07) is 15.8. The molecule has 0 radical (unpaired) electrons. The Morgan fingerprint density at radius 3 is 2.54 bits per heavy atom. The Morgan fingerprint density at radius 1 is 1.08 bits per heavy atom. The fraction of sp³-hybridized carbons (Fsp3) is 0.263. The minimum atomic E-state index is -0.0102. The summed E-state index contributed by atoms with van der Waals surface area (Å²) in [5.41, 5.74) is 2.09. The van der Waals surface area contributed by atoms with Gasteiger partial charge in [-0.05, 0) is 36.4 Å². The standard InChI is InChI=1S/C19H19ClN4OS/c20-14-5-7-15(8-6-14)24-11-9-23(10-12-24)13-18(25)22-19-21-16-3-1-2-4-17(16)26-19/h1-8H,9-13H2,(H,21,22,25). The first-order valence-electron chi connectivity index (χ1n) is 8.56. The van der Waals surface area contributed by atoms with Gasteiger partial charge in [0.15, 0.2) is 5.13 Å². The highest BCUT2D eigenvalue weighted by molar-refractivity contribution is 7.22. The molecule has 0 aliphatic carbocycles. The number of hydrogen-bond donors (Lipinski definition) is 1. The molecule has 4 rings (SSSR count). The molecule has 1 N–H and O–H groups in total. The van der Waals surface area contributed by atoms with E-state index in [-0.39, 0.29) is 5.91 Å².